The van der Waals surface area contributed by atoms with Gasteiger partial charge in [0.05, 0.1) is 5.69 Å². The minimum atomic E-state index is -0.491. The number of ketones is 1. The number of benzene rings is 1. The molecule has 2 aromatic rings. The van der Waals surface area contributed by atoms with E-state index in [9.17, 15) is 4.79 Å². The van der Waals surface area contributed by atoms with Crippen LogP contribution in [0.4, 0.5) is 5.82 Å². The molecule has 1 aliphatic rings. The highest BCUT2D eigenvalue weighted by Crippen LogP contribution is 2.36. The smallest absolute Gasteiger partial charge is 0.159 e. The predicted octanol–water partition coefficient (Wildman–Crippen LogP) is 3.10. The van der Waals surface area contributed by atoms with Crippen LogP contribution < -0.4 is 10.5 Å². The second-order valence-corrected chi connectivity index (χ2v) is 6.47. The van der Waals surface area contributed by atoms with Gasteiger partial charge in [0, 0.05) is 50.9 Å². The van der Waals surface area contributed by atoms with Crippen molar-refractivity contribution in [1.29, 1.82) is 0 Å². The van der Waals surface area contributed by atoms with E-state index in [1.54, 1.807) is 32.2 Å². The summed E-state index contributed by atoms with van der Waals surface area (Å²) < 4.78 is 17.1. The third kappa shape index (κ3) is 4.03. The molecule has 0 radical (unpaired) electrons. The number of hydrogen-bond donors (Lipinski definition) is 1. The standard InChI is InChI=1S/C20H24N2O4/c1-14(23)16-5-3-15(4-6-16)13-26-17-11-18(22-19(21)12-17)20(24-2)7-9-25-10-8-20/h3-6,11-12H,7-10,13H2,1-2H3,(H2,21,22). The molecule has 1 fully saturated rings. The van der Waals surface area contributed by atoms with Gasteiger partial charge in [0.1, 0.15) is 23.8 Å². The first-order chi connectivity index (χ1) is 12.5. The van der Waals surface area contributed by atoms with Crippen molar-refractivity contribution in [3.8, 4) is 5.75 Å². The Bertz CT molecular complexity index is 768. The summed E-state index contributed by atoms with van der Waals surface area (Å²) in [5.74, 6) is 1.09. The molecule has 3 rings (SSSR count). The third-order valence-corrected chi connectivity index (χ3v) is 4.74. The number of hydrogen-bond acceptors (Lipinski definition) is 6. The fourth-order valence-corrected chi connectivity index (χ4v) is 3.11. The Labute approximate surface area is 153 Å². The molecule has 0 amide bonds. The van der Waals surface area contributed by atoms with Crippen molar-refractivity contribution in [3.05, 3.63) is 53.2 Å². The van der Waals surface area contributed by atoms with Crippen LogP contribution in [0.5, 0.6) is 5.75 Å². The Hall–Kier alpha value is -2.44. The van der Waals surface area contributed by atoms with E-state index in [4.69, 9.17) is 19.9 Å². The van der Waals surface area contributed by atoms with Crippen molar-refractivity contribution in [2.45, 2.75) is 32.0 Å². The molecule has 0 atom stereocenters. The van der Waals surface area contributed by atoms with Crippen LogP contribution in [-0.2, 0) is 21.7 Å². The fourth-order valence-electron chi connectivity index (χ4n) is 3.11. The molecular formula is C20H24N2O4. The molecular weight excluding hydrogens is 332 g/mol. The quantitative estimate of drug-likeness (QED) is 0.801. The summed E-state index contributed by atoms with van der Waals surface area (Å²) in [6.07, 6.45) is 1.46. The van der Waals surface area contributed by atoms with Crippen molar-refractivity contribution < 1.29 is 19.0 Å². The number of ether oxygens (including phenoxy) is 3. The van der Waals surface area contributed by atoms with Crippen molar-refractivity contribution in [2.75, 3.05) is 26.1 Å². The molecule has 1 aliphatic heterocycles. The predicted molar refractivity (Wildman–Crippen MR) is 98.2 cm³/mol. The molecule has 138 valence electrons. The van der Waals surface area contributed by atoms with E-state index < -0.39 is 5.60 Å². The van der Waals surface area contributed by atoms with Gasteiger partial charge in [0.25, 0.3) is 0 Å². The normalized spacial score (nSPS) is 16.2. The van der Waals surface area contributed by atoms with E-state index >= 15 is 0 Å². The van der Waals surface area contributed by atoms with Crippen molar-refractivity contribution in [1.82, 2.24) is 4.98 Å². The topological polar surface area (TPSA) is 83.7 Å². The molecule has 0 bridgehead atoms. The Kier molecular flexibility index (Phi) is 5.54. The van der Waals surface area contributed by atoms with Gasteiger partial charge in [-0.3, -0.25) is 4.79 Å². The average Bonchev–Trinajstić information content (AvgIpc) is 2.67. The lowest BCUT2D eigenvalue weighted by molar-refractivity contribution is -0.0973. The van der Waals surface area contributed by atoms with Gasteiger partial charge in [0.15, 0.2) is 5.78 Å². The Morgan fingerprint density at radius 3 is 2.54 bits per heavy atom. The lowest BCUT2D eigenvalue weighted by atomic mass is 9.89. The first-order valence-corrected chi connectivity index (χ1v) is 8.66. The molecule has 2 heterocycles. The largest absolute Gasteiger partial charge is 0.489 e. The maximum Gasteiger partial charge on any atom is 0.159 e. The van der Waals surface area contributed by atoms with E-state index in [0.717, 1.165) is 24.1 Å². The number of methoxy groups -OCH3 is 1. The van der Waals surface area contributed by atoms with Gasteiger partial charge in [0.2, 0.25) is 0 Å². The van der Waals surface area contributed by atoms with Crippen molar-refractivity contribution >= 4 is 11.6 Å². The first-order valence-electron chi connectivity index (χ1n) is 8.66. The monoisotopic (exact) mass is 356 g/mol. The molecule has 6 heteroatoms. The van der Waals surface area contributed by atoms with E-state index in [2.05, 4.69) is 4.98 Å². The Balaban J connectivity index is 1.76. The lowest BCUT2D eigenvalue weighted by Gasteiger charge is -2.35. The van der Waals surface area contributed by atoms with Gasteiger partial charge in [-0.2, -0.15) is 0 Å². The summed E-state index contributed by atoms with van der Waals surface area (Å²) >= 11 is 0. The van der Waals surface area contributed by atoms with Gasteiger partial charge < -0.3 is 19.9 Å². The molecule has 26 heavy (non-hydrogen) atoms. The average molecular weight is 356 g/mol. The summed E-state index contributed by atoms with van der Waals surface area (Å²) in [6.45, 7) is 3.19. The summed E-state index contributed by atoms with van der Waals surface area (Å²) in [4.78, 5) is 15.8. The number of nitrogens with two attached hydrogens (primary N) is 1. The number of carbonyl (C=O) groups is 1. The van der Waals surface area contributed by atoms with Crippen LogP contribution in [0.25, 0.3) is 0 Å². The minimum Gasteiger partial charge on any atom is -0.489 e. The molecule has 6 nitrogen and oxygen atoms in total. The molecule has 1 aromatic carbocycles. The van der Waals surface area contributed by atoms with Crippen LogP contribution in [0, 0.1) is 0 Å². The number of anilines is 1. The SMILES string of the molecule is COC1(c2cc(OCc3ccc(C(C)=O)cc3)cc(N)n2)CCOCC1. The first kappa shape index (κ1) is 18.4. The van der Waals surface area contributed by atoms with Crippen LogP contribution in [0.1, 0.15) is 41.4 Å². The summed E-state index contributed by atoms with van der Waals surface area (Å²) in [6, 6.07) is 11.0. The molecule has 0 aliphatic carbocycles. The van der Waals surface area contributed by atoms with Crippen LogP contribution in [0.15, 0.2) is 36.4 Å². The van der Waals surface area contributed by atoms with E-state index in [1.165, 1.54) is 0 Å². The maximum absolute atomic E-state index is 11.3. The minimum absolute atomic E-state index is 0.0466. The molecule has 0 spiro atoms. The number of nitrogen functional groups attached to an aromatic ring is 1. The van der Waals surface area contributed by atoms with Gasteiger partial charge >= 0.3 is 0 Å². The number of nitrogens with zero attached hydrogens (tertiary/aromatic N) is 1. The number of aromatic nitrogens is 1. The molecule has 1 saturated heterocycles. The van der Waals surface area contributed by atoms with Gasteiger partial charge in [-0.15, -0.1) is 0 Å². The third-order valence-electron chi connectivity index (χ3n) is 4.74. The number of pyridine rings is 1. The summed E-state index contributed by atoms with van der Waals surface area (Å²) in [5, 5.41) is 0. The van der Waals surface area contributed by atoms with Crippen molar-refractivity contribution in [2.24, 2.45) is 0 Å². The highest BCUT2D eigenvalue weighted by molar-refractivity contribution is 5.93. The zero-order chi connectivity index (χ0) is 18.6. The molecule has 0 unspecified atom stereocenters. The maximum atomic E-state index is 11.3. The van der Waals surface area contributed by atoms with Crippen LogP contribution in [0.3, 0.4) is 0 Å². The van der Waals surface area contributed by atoms with E-state index in [-0.39, 0.29) is 5.78 Å². The van der Waals surface area contributed by atoms with Crippen LogP contribution in [0.2, 0.25) is 0 Å². The van der Waals surface area contributed by atoms with Gasteiger partial charge in [-0.1, -0.05) is 24.3 Å². The summed E-state index contributed by atoms with van der Waals surface area (Å²) in [5.41, 5.74) is 7.92. The number of rotatable bonds is 6. The van der Waals surface area contributed by atoms with E-state index in [1.807, 2.05) is 18.2 Å². The Morgan fingerprint density at radius 2 is 1.92 bits per heavy atom. The van der Waals surface area contributed by atoms with Crippen molar-refractivity contribution in [3.63, 3.8) is 0 Å². The highest BCUT2D eigenvalue weighted by Gasteiger charge is 2.36. The number of carbonyl (C=O) groups excluding carboxylic acids is 1. The molecule has 2 N–H and O–H groups in total. The van der Waals surface area contributed by atoms with Crippen LogP contribution in [-0.4, -0.2) is 31.1 Å². The van der Waals surface area contributed by atoms with Gasteiger partial charge in [-0.25, -0.2) is 4.98 Å². The fraction of sp³-hybridized carbons (Fsp3) is 0.400. The zero-order valence-electron chi connectivity index (χ0n) is 15.2. The lowest BCUT2D eigenvalue weighted by Crippen LogP contribution is -2.36. The molecule has 0 saturated carbocycles. The van der Waals surface area contributed by atoms with E-state index in [0.29, 0.717) is 37.0 Å². The second kappa shape index (κ2) is 7.85. The number of Topliss-reactive ketones (excluding diaryl/α,β-unsaturated/α-hetero) is 1. The molecule has 1 aromatic heterocycles. The van der Waals surface area contributed by atoms with Gasteiger partial charge in [-0.05, 0) is 12.5 Å². The highest BCUT2D eigenvalue weighted by atomic mass is 16.5. The van der Waals surface area contributed by atoms with Crippen LogP contribution >= 0.6 is 0 Å². The summed E-state index contributed by atoms with van der Waals surface area (Å²) in [7, 11) is 1.69. The zero-order valence-corrected chi connectivity index (χ0v) is 15.2. The second-order valence-electron chi connectivity index (χ2n) is 6.47. The Morgan fingerprint density at radius 1 is 1.23 bits per heavy atom.